The summed E-state index contributed by atoms with van der Waals surface area (Å²) in [5.41, 5.74) is -0.00629. The second-order valence-corrected chi connectivity index (χ2v) is 7.41. The molecule has 7 nitrogen and oxygen atoms in total. The van der Waals surface area contributed by atoms with E-state index >= 15 is 0 Å². The van der Waals surface area contributed by atoms with Crippen LogP contribution in [0.4, 0.5) is 18.9 Å². The number of nitrogens with zero attached hydrogens (tertiary/aromatic N) is 3. The van der Waals surface area contributed by atoms with Gasteiger partial charge in [0, 0.05) is 38.3 Å². The molecular weight excluding hydrogens is 351 g/mol. The number of hydrogen-bond donors (Lipinski definition) is 0. The van der Waals surface area contributed by atoms with E-state index in [0.29, 0.717) is 5.56 Å². The Labute approximate surface area is 136 Å². The Kier molecular flexibility index (Phi) is 5.16. The minimum Gasteiger partial charge on any atom is -0.292 e. The first-order valence-corrected chi connectivity index (χ1v) is 8.49. The van der Waals surface area contributed by atoms with Crippen molar-refractivity contribution < 1.29 is 26.5 Å². The average molecular weight is 367 g/mol. The molecular formula is C13H16F3N3O4S. The third-order valence-corrected chi connectivity index (χ3v) is 5.78. The summed E-state index contributed by atoms with van der Waals surface area (Å²) in [4.78, 5) is 11.1. The minimum atomic E-state index is -4.34. The third-order valence-electron chi connectivity index (χ3n) is 3.73. The molecule has 0 saturated carbocycles. The number of rotatable bonds is 4. The number of hydrogen-bond acceptors (Lipinski definition) is 5. The van der Waals surface area contributed by atoms with Crippen LogP contribution in [-0.4, -0.2) is 61.4 Å². The first kappa shape index (κ1) is 18.6. The Morgan fingerprint density at radius 2 is 1.79 bits per heavy atom. The molecule has 0 spiro atoms. The fourth-order valence-corrected chi connectivity index (χ4v) is 4.17. The summed E-state index contributed by atoms with van der Waals surface area (Å²) < 4.78 is 63.5. The zero-order chi connectivity index (χ0) is 18.1. The molecule has 0 aromatic heterocycles. The van der Waals surface area contributed by atoms with Gasteiger partial charge in [-0.3, -0.25) is 15.0 Å². The maximum absolute atomic E-state index is 12.6. The smallest absolute Gasteiger partial charge is 0.292 e. The number of benzene rings is 1. The van der Waals surface area contributed by atoms with E-state index in [2.05, 4.69) is 0 Å². The van der Waals surface area contributed by atoms with Gasteiger partial charge >= 0.3 is 6.18 Å². The van der Waals surface area contributed by atoms with Gasteiger partial charge in [0.1, 0.15) is 0 Å². The van der Waals surface area contributed by atoms with Gasteiger partial charge in [-0.15, -0.1) is 0 Å². The van der Waals surface area contributed by atoms with E-state index < -0.39 is 27.7 Å². The highest BCUT2D eigenvalue weighted by Gasteiger charge is 2.35. The summed E-state index contributed by atoms with van der Waals surface area (Å²) in [5, 5.41) is 10.8. The van der Waals surface area contributed by atoms with Gasteiger partial charge in [0.05, 0.1) is 16.4 Å². The first-order valence-electron chi connectivity index (χ1n) is 7.05. The van der Waals surface area contributed by atoms with E-state index in [0.717, 1.165) is 15.3 Å². The van der Waals surface area contributed by atoms with Crippen molar-refractivity contribution in [2.45, 2.75) is 18.0 Å². The van der Waals surface area contributed by atoms with Crippen molar-refractivity contribution in [2.75, 3.05) is 32.7 Å². The molecule has 11 heteroatoms. The van der Waals surface area contributed by atoms with Crippen LogP contribution in [0.1, 0.15) is 5.56 Å². The van der Waals surface area contributed by atoms with E-state index in [1.54, 1.807) is 0 Å². The molecule has 0 aliphatic carbocycles. The first-order chi connectivity index (χ1) is 11.0. The van der Waals surface area contributed by atoms with Gasteiger partial charge < -0.3 is 0 Å². The van der Waals surface area contributed by atoms with Crippen LogP contribution in [-0.2, 0) is 10.0 Å². The van der Waals surface area contributed by atoms with Crippen LogP contribution in [0.5, 0.6) is 0 Å². The highest BCUT2D eigenvalue weighted by atomic mass is 32.2. The fourth-order valence-electron chi connectivity index (χ4n) is 2.50. The Balaban J connectivity index is 2.18. The maximum Gasteiger partial charge on any atom is 0.401 e. The van der Waals surface area contributed by atoms with Crippen molar-refractivity contribution in [3.8, 4) is 0 Å². The highest BCUT2D eigenvalue weighted by Crippen LogP contribution is 2.26. The molecule has 1 heterocycles. The summed E-state index contributed by atoms with van der Waals surface area (Å²) in [7, 11) is -3.99. The number of halogens is 3. The summed E-state index contributed by atoms with van der Waals surface area (Å²) in [6, 6.07) is 3.52. The topological polar surface area (TPSA) is 83.8 Å². The van der Waals surface area contributed by atoms with Gasteiger partial charge in [0.15, 0.2) is 0 Å². The Morgan fingerprint density at radius 1 is 1.21 bits per heavy atom. The lowest BCUT2D eigenvalue weighted by molar-refractivity contribution is -0.385. The summed E-state index contributed by atoms with van der Waals surface area (Å²) in [6.07, 6.45) is -4.34. The lowest BCUT2D eigenvalue weighted by Gasteiger charge is -2.34. The molecule has 24 heavy (non-hydrogen) atoms. The molecule has 0 N–H and O–H groups in total. The quantitative estimate of drug-likeness (QED) is 0.598. The Hall–Kier alpha value is -1.72. The van der Waals surface area contributed by atoms with Crippen molar-refractivity contribution in [2.24, 2.45) is 0 Å². The predicted molar refractivity (Wildman–Crippen MR) is 79.1 cm³/mol. The second-order valence-electron chi connectivity index (χ2n) is 5.50. The molecule has 1 saturated heterocycles. The minimum absolute atomic E-state index is 0.0489. The summed E-state index contributed by atoms with van der Waals surface area (Å²) in [6.45, 7) is 0.133. The average Bonchev–Trinajstić information content (AvgIpc) is 2.46. The highest BCUT2D eigenvalue weighted by molar-refractivity contribution is 7.89. The van der Waals surface area contributed by atoms with E-state index in [-0.39, 0.29) is 36.8 Å². The van der Waals surface area contributed by atoms with Crippen molar-refractivity contribution >= 4 is 15.7 Å². The van der Waals surface area contributed by atoms with E-state index in [1.807, 2.05) is 0 Å². The molecule has 2 rings (SSSR count). The summed E-state index contributed by atoms with van der Waals surface area (Å²) >= 11 is 0. The second kappa shape index (κ2) is 6.65. The van der Waals surface area contributed by atoms with Gasteiger partial charge in [-0.25, -0.2) is 8.42 Å². The van der Waals surface area contributed by atoms with E-state index in [9.17, 15) is 31.7 Å². The SMILES string of the molecule is Cc1ccc([N+](=O)[O-])cc1S(=O)(=O)N1CCN(CC(F)(F)F)CC1. The fraction of sp³-hybridized carbons (Fsp3) is 0.538. The molecule has 0 amide bonds. The Morgan fingerprint density at radius 3 is 2.29 bits per heavy atom. The van der Waals surface area contributed by atoms with Gasteiger partial charge in [-0.05, 0) is 12.5 Å². The standard InChI is InChI=1S/C13H16F3N3O4S/c1-10-2-3-11(19(20)21)8-12(10)24(22,23)18-6-4-17(5-7-18)9-13(14,15)16/h2-3,8H,4-7,9H2,1H3. The number of alkyl halides is 3. The lowest BCUT2D eigenvalue weighted by atomic mass is 10.2. The number of nitro groups is 1. The largest absolute Gasteiger partial charge is 0.401 e. The van der Waals surface area contributed by atoms with Crippen LogP contribution >= 0.6 is 0 Å². The van der Waals surface area contributed by atoms with Crippen molar-refractivity contribution in [1.82, 2.24) is 9.21 Å². The van der Waals surface area contributed by atoms with Gasteiger partial charge in [-0.1, -0.05) is 6.07 Å². The normalized spacial score (nSPS) is 17.8. The zero-order valence-electron chi connectivity index (χ0n) is 12.8. The molecule has 134 valence electrons. The van der Waals surface area contributed by atoms with E-state index in [1.165, 1.54) is 19.1 Å². The van der Waals surface area contributed by atoms with Crippen molar-refractivity contribution in [1.29, 1.82) is 0 Å². The molecule has 0 atom stereocenters. The van der Waals surface area contributed by atoms with Gasteiger partial charge in [-0.2, -0.15) is 17.5 Å². The van der Waals surface area contributed by atoms with E-state index in [4.69, 9.17) is 0 Å². The van der Waals surface area contributed by atoms with Crippen molar-refractivity contribution in [3.05, 3.63) is 33.9 Å². The molecule has 0 bridgehead atoms. The van der Waals surface area contributed by atoms with Crippen LogP contribution in [0.3, 0.4) is 0 Å². The molecule has 1 aliphatic rings. The zero-order valence-corrected chi connectivity index (χ0v) is 13.6. The van der Waals surface area contributed by atoms with Crippen LogP contribution in [0.2, 0.25) is 0 Å². The Bertz CT molecular complexity index is 728. The molecule has 0 unspecified atom stereocenters. The molecule has 0 radical (unpaired) electrons. The summed E-state index contributed by atoms with van der Waals surface area (Å²) in [5.74, 6) is 0. The molecule has 1 fully saturated rings. The van der Waals surface area contributed by atoms with Gasteiger partial charge in [0.2, 0.25) is 10.0 Å². The van der Waals surface area contributed by atoms with Crippen LogP contribution in [0, 0.1) is 17.0 Å². The number of piperazine rings is 1. The van der Waals surface area contributed by atoms with Crippen LogP contribution in [0.15, 0.2) is 23.1 Å². The monoisotopic (exact) mass is 367 g/mol. The number of sulfonamides is 1. The van der Waals surface area contributed by atoms with Crippen LogP contribution in [0.25, 0.3) is 0 Å². The molecule has 1 aromatic rings. The molecule has 1 aliphatic heterocycles. The number of non-ortho nitro benzene ring substituents is 1. The maximum atomic E-state index is 12.6. The third kappa shape index (κ3) is 4.22. The van der Waals surface area contributed by atoms with Crippen molar-refractivity contribution in [3.63, 3.8) is 0 Å². The lowest BCUT2D eigenvalue weighted by Crippen LogP contribution is -2.50. The van der Waals surface area contributed by atoms with Gasteiger partial charge in [0.25, 0.3) is 5.69 Å². The van der Waals surface area contributed by atoms with Crippen LogP contribution < -0.4 is 0 Å². The number of aryl methyl sites for hydroxylation is 1. The molecule has 1 aromatic carbocycles. The number of nitro benzene ring substituents is 1. The predicted octanol–water partition coefficient (Wildman–Crippen LogP) is 1.77.